The summed E-state index contributed by atoms with van der Waals surface area (Å²) in [5, 5.41) is 0. The van der Waals surface area contributed by atoms with E-state index in [1.807, 2.05) is 6.92 Å². The summed E-state index contributed by atoms with van der Waals surface area (Å²) in [7, 11) is 0. The quantitative estimate of drug-likeness (QED) is 0.474. The Bertz CT molecular complexity index is 555. The minimum absolute atomic E-state index is 0.174. The largest absolute Gasteiger partial charge is 0.419 e. The monoisotopic (exact) mass is 260 g/mol. The molecule has 0 aromatic heterocycles. The first-order valence-corrected chi connectivity index (χ1v) is 5.67. The number of aryl methyl sites for hydroxylation is 1. The maximum absolute atomic E-state index is 11.5. The minimum atomic E-state index is -0.573. The topological polar surface area (TPSA) is 52.6 Å². The van der Waals surface area contributed by atoms with Crippen LogP contribution in [-0.4, -0.2) is 11.9 Å². The Hall–Kier alpha value is -2.36. The second kappa shape index (κ2) is 6.00. The van der Waals surface area contributed by atoms with Crippen LogP contribution in [0.15, 0.2) is 42.5 Å². The molecular formula is C15H16O4. The summed E-state index contributed by atoms with van der Waals surface area (Å²) in [6, 6.07) is 4.93. The van der Waals surface area contributed by atoms with Gasteiger partial charge in [-0.2, -0.15) is 0 Å². The van der Waals surface area contributed by atoms with Crippen LogP contribution in [0.25, 0.3) is 0 Å². The summed E-state index contributed by atoms with van der Waals surface area (Å²) in [5.74, 6) is -0.787. The molecule has 1 rings (SSSR count). The molecule has 0 saturated carbocycles. The summed E-state index contributed by atoms with van der Waals surface area (Å²) >= 11 is 0. The van der Waals surface area contributed by atoms with Crippen LogP contribution in [-0.2, 0) is 9.59 Å². The van der Waals surface area contributed by atoms with E-state index < -0.39 is 11.9 Å². The van der Waals surface area contributed by atoms with Gasteiger partial charge >= 0.3 is 11.9 Å². The van der Waals surface area contributed by atoms with Gasteiger partial charge in [0.1, 0.15) is 0 Å². The van der Waals surface area contributed by atoms with Crippen molar-refractivity contribution in [1.29, 1.82) is 0 Å². The van der Waals surface area contributed by atoms with Crippen molar-refractivity contribution in [2.24, 2.45) is 0 Å². The van der Waals surface area contributed by atoms with Crippen LogP contribution in [0.4, 0.5) is 0 Å². The highest BCUT2D eigenvalue weighted by molar-refractivity contribution is 5.91. The molecule has 100 valence electrons. The van der Waals surface area contributed by atoms with Crippen LogP contribution in [0.5, 0.6) is 11.5 Å². The minimum Gasteiger partial charge on any atom is -0.419 e. The molecular weight excluding hydrogens is 244 g/mol. The van der Waals surface area contributed by atoms with Crippen molar-refractivity contribution < 1.29 is 19.1 Å². The van der Waals surface area contributed by atoms with E-state index in [2.05, 4.69) is 13.2 Å². The lowest BCUT2D eigenvalue weighted by molar-refractivity contribution is -0.132. The van der Waals surface area contributed by atoms with E-state index in [1.165, 1.54) is 13.8 Å². The Morgan fingerprint density at radius 2 is 1.42 bits per heavy atom. The fraction of sp³-hybridized carbons (Fsp3) is 0.200. The summed E-state index contributed by atoms with van der Waals surface area (Å²) in [6.07, 6.45) is 0. The van der Waals surface area contributed by atoms with Crippen molar-refractivity contribution in [2.75, 3.05) is 0 Å². The van der Waals surface area contributed by atoms with Crippen molar-refractivity contribution in [2.45, 2.75) is 20.8 Å². The van der Waals surface area contributed by atoms with Gasteiger partial charge in [0.2, 0.25) is 0 Å². The molecule has 0 aliphatic heterocycles. The molecule has 0 aliphatic carbocycles. The van der Waals surface area contributed by atoms with Gasteiger partial charge in [0.25, 0.3) is 0 Å². The summed E-state index contributed by atoms with van der Waals surface area (Å²) in [4.78, 5) is 23.0. The van der Waals surface area contributed by atoms with Gasteiger partial charge < -0.3 is 9.47 Å². The smallest absolute Gasteiger partial charge is 0.338 e. The van der Waals surface area contributed by atoms with E-state index in [9.17, 15) is 9.59 Å². The number of hydrogen-bond acceptors (Lipinski definition) is 4. The van der Waals surface area contributed by atoms with E-state index in [0.29, 0.717) is 0 Å². The van der Waals surface area contributed by atoms with Crippen molar-refractivity contribution in [3.05, 3.63) is 48.1 Å². The number of hydrogen-bond donors (Lipinski definition) is 0. The lowest BCUT2D eigenvalue weighted by Crippen LogP contribution is -2.12. The third kappa shape index (κ3) is 4.10. The van der Waals surface area contributed by atoms with E-state index in [0.717, 1.165) is 5.56 Å². The first-order chi connectivity index (χ1) is 8.81. The lowest BCUT2D eigenvalue weighted by Gasteiger charge is -2.11. The molecule has 1 aromatic carbocycles. The Morgan fingerprint density at radius 1 is 0.947 bits per heavy atom. The molecule has 0 aliphatic rings. The fourth-order valence-corrected chi connectivity index (χ4v) is 1.15. The van der Waals surface area contributed by atoms with Gasteiger partial charge in [-0.05, 0) is 38.5 Å². The van der Waals surface area contributed by atoms with Crippen LogP contribution in [0.2, 0.25) is 0 Å². The highest BCUT2D eigenvalue weighted by atomic mass is 16.6. The van der Waals surface area contributed by atoms with Gasteiger partial charge in [-0.25, -0.2) is 9.59 Å². The highest BCUT2D eigenvalue weighted by Gasteiger charge is 2.14. The Kier molecular flexibility index (Phi) is 4.64. The van der Waals surface area contributed by atoms with Crippen LogP contribution in [0.1, 0.15) is 19.4 Å². The first kappa shape index (κ1) is 14.7. The zero-order valence-electron chi connectivity index (χ0n) is 11.3. The summed E-state index contributed by atoms with van der Waals surface area (Å²) in [5.41, 5.74) is 1.40. The maximum Gasteiger partial charge on any atom is 0.338 e. The van der Waals surface area contributed by atoms with Crippen molar-refractivity contribution >= 4 is 11.9 Å². The molecule has 4 nitrogen and oxygen atoms in total. The SMILES string of the molecule is C=C(C)C(=O)Oc1ccc(C)cc1OC(=O)C(=C)C. The molecule has 0 radical (unpaired) electrons. The lowest BCUT2D eigenvalue weighted by atomic mass is 10.2. The van der Waals surface area contributed by atoms with Crippen LogP contribution in [0.3, 0.4) is 0 Å². The van der Waals surface area contributed by atoms with E-state index in [1.54, 1.807) is 18.2 Å². The molecule has 0 atom stereocenters. The normalized spacial score (nSPS) is 9.63. The van der Waals surface area contributed by atoms with E-state index in [4.69, 9.17) is 9.47 Å². The average molecular weight is 260 g/mol. The third-order valence-corrected chi connectivity index (χ3v) is 2.20. The predicted molar refractivity (Wildman–Crippen MR) is 72.1 cm³/mol. The number of ether oxygens (including phenoxy) is 2. The Labute approximate surface area is 112 Å². The molecule has 0 N–H and O–H groups in total. The Morgan fingerprint density at radius 3 is 1.89 bits per heavy atom. The summed E-state index contributed by atoms with van der Waals surface area (Å²) < 4.78 is 10.2. The number of benzene rings is 1. The molecule has 0 fully saturated rings. The van der Waals surface area contributed by atoms with Crippen LogP contribution >= 0.6 is 0 Å². The van der Waals surface area contributed by atoms with Crippen molar-refractivity contribution in [3.63, 3.8) is 0 Å². The van der Waals surface area contributed by atoms with E-state index >= 15 is 0 Å². The third-order valence-electron chi connectivity index (χ3n) is 2.20. The molecule has 0 spiro atoms. The number of carbonyl (C=O) groups excluding carboxylic acids is 2. The van der Waals surface area contributed by atoms with Gasteiger partial charge in [-0.15, -0.1) is 0 Å². The predicted octanol–water partition coefficient (Wildman–Crippen LogP) is 2.96. The second-order valence-corrected chi connectivity index (χ2v) is 4.29. The van der Waals surface area contributed by atoms with Crippen molar-refractivity contribution in [3.8, 4) is 11.5 Å². The molecule has 0 saturated heterocycles. The molecule has 4 heteroatoms. The highest BCUT2D eigenvalue weighted by Crippen LogP contribution is 2.29. The number of esters is 2. The second-order valence-electron chi connectivity index (χ2n) is 4.29. The first-order valence-electron chi connectivity index (χ1n) is 5.67. The molecule has 0 heterocycles. The number of carbonyl (C=O) groups is 2. The zero-order chi connectivity index (χ0) is 14.6. The van der Waals surface area contributed by atoms with Crippen molar-refractivity contribution in [1.82, 2.24) is 0 Å². The molecule has 19 heavy (non-hydrogen) atoms. The van der Waals surface area contributed by atoms with Crippen LogP contribution < -0.4 is 9.47 Å². The van der Waals surface area contributed by atoms with Gasteiger partial charge in [0, 0.05) is 11.1 Å². The molecule has 1 aromatic rings. The van der Waals surface area contributed by atoms with Crippen LogP contribution in [0, 0.1) is 6.92 Å². The van der Waals surface area contributed by atoms with Gasteiger partial charge in [-0.1, -0.05) is 19.2 Å². The average Bonchev–Trinajstić information content (AvgIpc) is 2.32. The van der Waals surface area contributed by atoms with Gasteiger partial charge in [0.15, 0.2) is 11.5 Å². The molecule has 0 unspecified atom stereocenters. The zero-order valence-corrected chi connectivity index (χ0v) is 11.3. The Balaban J connectivity index is 3.04. The van der Waals surface area contributed by atoms with E-state index in [-0.39, 0.29) is 22.6 Å². The molecule has 0 bridgehead atoms. The summed E-state index contributed by atoms with van der Waals surface area (Å²) in [6.45, 7) is 11.9. The fourth-order valence-electron chi connectivity index (χ4n) is 1.15. The van der Waals surface area contributed by atoms with Gasteiger partial charge in [0.05, 0.1) is 0 Å². The molecule has 0 amide bonds. The van der Waals surface area contributed by atoms with Gasteiger partial charge in [-0.3, -0.25) is 0 Å². The maximum atomic E-state index is 11.5. The standard InChI is InChI=1S/C15H16O4/c1-9(2)14(16)18-12-7-6-11(5)8-13(12)19-15(17)10(3)4/h6-8H,1,3H2,2,4-5H3. The number of rotatable bonds is 4.